The van der Waals surface area contributed by atoms with Gasteiger partial charge in [-0.1, -0.05) is 96.8 Å². The Labute approximate surface area is 183 Å². The second-order valence-corrected chi connectivity index (χ2v) is 9.49. The molecule has 0 radical (unpaired) electrons. The zero-order valence-electron chi connectivity index (χ0n) is 19.3. The number of thiazole rings is 1. The molecule has 1 aromatic rings. The third-order valence-electron chi connectivity index (χ3n) is 5.28. The van der Waals surface area contributed by atoms with Crippen LogP contribution in [0.4, 0.5) is 5.13 Å². The topological polar surface area (TPSA) is 45.2 Å². The van der Waals surface area contributed by atoms with E-state index < -0.39 is 0 Å². The van der Waals surface area contributed by atoms with Gasteiger partial charge in [0.2, 0.25) is 5.91 Å². The van der Waals surface area contributed by atoms with Crippen molar-refractivity contribution in [2.24, 2.45) is 0 Å². The number of amides is 1. The van der Waals surface area contributed by atoms with Crippen molar-refractivity contribution in [2.45, 2.75) is 116 Å². The van der Waals surface area contributed by atoms with E-state index in [2.05, 4.69) is 22.1 Å². The fraction of sp³-hybridized carbons (Fsp3) is 0.833. The van der Waals surface area contributed by atoms with Crippen molar-refractivity contribution in [1.29, 1.82) is 0 Å². The Morgan fingerprint density at radius 2 is 1.34 bits per heavy atom. The third kappa shape index (κ3) is 15.5. The highest BCUT2D eigenvalue weighted by Crippen LogP contribution is 2.17. The lowest BCUT2D eigenvalue weighted by Crippen LogP contribution is -2.12. The van der Waals surface area contributed by atoms with Gasteiger partial charge in [-0.05, 0) is 20.5 Å². The van der Waals surface area contributed by atoms with Crippen LogP contribution in [0.15, 0.2) is 5.38 Å². The number of hydrogen-bond donors (Lipinski definition) is 1. The van der Waals surface area contributed by atoms with E-state index >= 15 is 0 Å². The van der Waals surface area contributed by atoms with Crippen molar-refractivity contribution >= 4 is 22.4 Å². The first-order valence-electron chi connectivity index (χ1n) is 12.0. The molecular formula is C24H45N3OS. The largest absolute Gasteiger partial charge is 0.304 e. The van der Waals surface area contributed by atoms with Gasteiger partial charge in [-0.2, -0.15) is 0 Å². The smallest absolute Gasteiger partial charge is 0.226 e. The maximum Gasteiger partial charge on any atom is 0.226 e. The van der Waals surface area contributed by atoms with Crippen molar-refractivity contribution in [1.82, 2.24) is 9.88 Å². The predicted octanol–water partition coefficient (Wildman–Crippen LogP) is 7.40. The van der Waals surface area contributed by atoms with Gasteiger partial charge in [-0.25, -0.2) is 4.98 Å². The van der Waals surface area contributed by atoms with Crippen LogP contribution in [0.3, 0.4) is 0 Å². The van der Waals surface area contributed by atoms with Crippen LogP contribution < -0.4 is 5.32 Å². The van der Waals surface area contributed by atoms with Gasteiger partial charge in [0.25, 0.3) is 0 Å². The van der Waals surface area contributed by atoms with Crippen LogP contribution >= 0.6 is 11.3 Å². The Balaban J connectivity index is 1.86. The number of nitrogens with zero attached hydrogens (tertiary/aromatic N) is 2. The average molecular weight is 424 g/mol. The molecule has 1 amide bonds. The lowest BCUT2D eigenvalue weighted by atomic mass is 10.0. The maximum absolute atomic E-state index is 12.0. The summed E-state index contributed by atoms with van der Waals surface area (Å²) >= 11 is 1.51. The van der Waals surface area contributed by atoms with Crippen molar-refractivity contribution < 1.29 is 4.79 Å². The lowest BCUT2D eigenvalue weighted by molar-refractivity contribution is -0.116. The summed E-state index contributed by atoms with van der Waals surface area (Å²) in [4.78, 5) is 18.6. The highest BCUT2D eigenvalue weighted by atomic mass is 32.1. The van der Waals surface area contributed by atoms with Gasteiger partial charge in [-0.3, -0.25) is 4.79 Å². The number of aromatic nitrogens is 1. The normalized spacial score (nSPS) is 11.3. The molecule has 4 nitrogen and oxygen atoms in total. The minimum absolute atomic E-state index is 0.102. The first-order valence-corrected chi connectivity index (χ1v) is 12.9. The highest BCUT2D eigenvalue weighted by Gasteiger charge is 2.07. The van der Waals surface area contributed by atoms with Crippen molar-refractivity contribution in [3.05, 3.63) is 11.1 Å². The molecule has 0 aromatic carbocycles. The molecule has 1 heterocycles. The number of unbranched alkanes of at least 4 members (excludes halogenated alkanes) is 14. The zero-order chi connectivity index (χ0) is 21.2. The summed E-state index contributed by atoms with van der Waals surface area (Å²) in [5.74, 6) is 0.102. The molecule has 0 aliphatic heterocycles. The molecular weight excluding hydrogens is 378 g/mol. The van der Waals surface area contributed by atoms with E-state index in [9.17, 15) is 4.79 Å². The van der Waals surface area contributed by atoms with Crippen LogP contribution in [0, 0.1) is 0 Å². The van der Waals surface area contributed by atoms with Crippen molar-refractivity contribution in [3.8, 4) is 0 Å². The number of hydrogen-bond acceptors (Lipinski definition) is 4. The summed E-state index contributed by atoms with van der Waals surface area (Å²) in [6.45, 7) is 3.09. The fourth-order valence-electron chi connectivity index (χ4n) is 3.60. The van der Waals surface area contributed by atoms with E-state index in [1.807, 2.05) is 19.5 Å². The van der Waals surface area contributed by atoms with Crippen LogP contribution in [0.2, 0.25) is 0 Å². The van der Waals surface area contributed by atoms with Gasteiger partial charge >= 0.3 is 0 Å². The monoisotopic (exact) mass is 423 g/mol. The second kappa shape index (κ2) is 17.9. The number of anilines is 1. The predicted molar refractivity (Wildman–Crippen MR) is 128 cm³/mol. The van der Waals surface area contributed by atoms with Gasteiger partial charge in [0.15, 0.2) is 5.13 Å². The molecule has 5 heteroatoms. The molecule has 0 saturated carbocycles. The third-order valence-corrected chi connectivity index (χ3v) is 6.09. The summed E-state index contributed by atoms with van der Waals surface area (Å²) in [7, 11) is 4.04. The molecule has 0 unspecified atom stereocenters. The van der Waals surface area contributed by atoms with Gasteiger partial charge in [0, 0.05) is 18.3 Å². The van der Waals surface area contributed by atoms with Crippen molar-refractivity contribution in [3.63, 3.8) is 0 Å². The van der Waals surface area contributed by atoms with E-state index in [0.29, 0.717) is 6.42 Å². The Morgan fingerprint density at radius 3 is 1.83 bits per heavy atom. The van der Waals surface area contributed by atoms with Gasteiger partial charge < -0.3 is 10.2 Å². The molecule has 168 valence electrons. The fourth-order valence-corrected chi connectivity index (χ4v) is 4.32. The second-order valence-electron chi connectivity index (χ2n) is 8.63. The van der Waals surface area contributed by atoms with E-state index in [0.717, 1.165) is 30.2 Å². The van der Waals surface area contributed by atoms with Crippen molar-refractivity contribution in [2.75, 3.05) is 19.4 Å². The number of carbonyl (C=O) groups excluding carboxylic acids is 1. The van der Waals surface area contributed by atoms with E-state index in [1.54, 1.807) is 0 Å². The molecule has 1 aromatic heterocycles. The van der Waals surface area contributed by atoms with E-state index in [4.69, 9.17) is 0 Å². The van der Waals surface area contributed by atoms with Gasteiger partial charge in [-0.15, -0.1) is 11.3 Å². The Bertz CT molecular complexity index is 516. The van der Waals surface area contributed by atoms with Crippen LogP contribution in [-0.4, -0.2) is 29.9 Å². The average Bonchev–Trinajstić information content (AvgIpc) is 3.10. The molecule has 1 rings (SSSR count). The quantitative estimate of drug-likeness (QED) is 0.236. The zero-order valence-corrected chi connectivity index (χ0v) is 20.1. The van der Waals surface area contributed by atoms with E-state index in [-0.39, 0.29) is 5.91 Å². The summed E-state index contributed by atoms with van der Waals surface area (Å²) in [6, 6.07) is 0. The van der Waals surface area contributed by atoms with E-state index in [1.165, 1.54) is 94.8 Å². The minimum Gasteiger partial charge on any atom is -0.304 e. The molecule has 1 N–H and O–H groups in total. The van der Waals surface area contributed by atoms with Gasteiger partial charge in [0.1, 0.15) is 0 Å². The summed E-state index contributed by atoms with van der Waals surface area (Å²) in [5, 5.41) is 5.68. The lowest BCUT2D eigenvalue weighted by Gasteiger charge is -2.05. The first-order chi connectivity index (χ1) is 14.1. The standard InChI is InChI=1S/C24H45N3OS/c1-4-5-6-7-8-9-10-11-12-13-14-15-16-17-18-19-23(28)26-24-25-22(21-29-24)20-27(2)3/h21H,4-20H2,1-3H3,(H,25,26,28). The molecule has 0 spiro atoms. The molecule has 0 saturated heterocycles. The maximum atomic E-state index is 12.0. The molecule has 0 fully saturated rings. The Hall–Kier alpha value is -0.940. The van der Waals surface area contributed by atoms with Gasteiger partial charge in [0.05, 0.1) is 5.69 Å². The summed E-state index contributed by atoms with van der Waals surface area (Å²) < 4.78 is 0. The molecule has 0 aliphatic carbocycles. The first kappa shape index (κ1) is 26.1. The van der Waals surface area contributed by atoms with Crippen LogP contribution in [0.1, 0.15) is 115 Å². The Morgan fingerprint density at radius 1 is 0.862 bits per heavy atom. The Kier molecular flexibility index (Phi) is 16.1. The van der Waals surface area contributed by atoms with Crippen LogP contribution in [-0.2, 0) is 11.3 Å². The summed E-state index contributed by atoms with van der Waals surface area (Å²) in [5.41, 5.74) is 1.02. The molecule has 0 bridgehead atoms. The molecule has 0 aliphatic rings. The van der Waals surface area contributed by atoms with Crippen LogP contribution in [0.25, 0.3) is 0 Å². The molecule has 0 atom stereocenters. The molecule has 29 heavy (non-hydrogen) atoms. The highest BCUT2D eigenvalue weighted by molar-refractivity contribution is 7.13. The summed E-state index contributed by atoms with van der Waals surface area (Å²) in [6.07, 6.45) is 20.8. The SMILES string of the molecule is CCCCCCCCCCCCCCCCCC(=O)Nc1nc(CN(C)C)cs1. The number of nitrogens with one attached hydrogen (secondary N) is 1. The van der Waals surface area contributed by atoms with Crippen LogP contribution in [0.5, 0.6) is 0 Å². The minimum atomic E-state index is 0.102. The number of rotatable bonds is 19. The number of carbonyl (C=O) groups is 1.